The molecule has 2 aromatic rings. The summed E-state index contributed by atoms with van der Waals surface area (Å²) in [7, 11) is 1.44. The first-order valence-corrected chi connectivity index (χ1v) is 8.10. The second kappa shape index (κ2) is 8.08. The molecular formula is C17H12Br2O4. The lowest BCUT2D eigenvalue weighted by molar-refractivity contribution is -0.129. The summed E-state index contributed by atoms with van der Waals surface area (Å²) in [4.78, 5) is 22.8. The fourth-order valence-corrected chi connectivity index (χ4v) is 2.77. The van der Waals surface area contributed by atoms with Gasteiger partial charge in [-0.2, -0.15) is 0 Å². The molecule has 0 amide bonds. The number of carbonyl (C=O) groups is 2. The topological polar surface area (TPSA) is 52.6 Å². The first kappa shape index (κ1) is 17.4. The Morgan fingerprint density at radius 3 is 2.57 bits per heavy atom. The average Bonchev–Trinajstić information content (AvgIpc) is 2.54. The summed E-state index contributed by atoms with van der Waals surface area (Å²) in [5.74, 6) is -0.0319. The van der Waals surface area contributed by atoms with Gasteiger partial charge < -0.3 is 9.47 Å². The normalized spacial score (nSPS) is 10.6. The number of methoxy groups -OCH3 is 1. The Hall–Kier alpha value is -1.92. The molecule has 0 saturated carbocycles. The zero-order valence-corrected chi connectivity index (χ0v) is 15.3. The molecule has 0 unspecified atom stereocenters. The summed E-state index contributed by atoms with van der Waals surface area (Å²) in [6.45, 7) is 0. The van der Waals surface area contributed by atoms with E-state index in [1.807, 2.05) is 24.3 Å². The highest BCUT2D eigenvalue weighted by Gasteiger charge is 2.14. The van der Waals surface area contributed by atoms with Crippen molar-refractivity contribution < 1.29 is 19.1 Å². The maximum absolute atomic E-state index is 12.0. The Balaban J connectivity index is 2.18. The number of hydrogen-bond donors (Lipinski definition) is 0. The van der Waals surface area contributed by atoms with E-state index in [9.17, 15) is 9.59 Å². The minimum absolute atomic E-state index is 0.224. The van der Waals surface area contributed by atoms with Crippen molar-refractivity contribution >= 4 is 50.2 Å². The Labute approximate surface area is 150 Å². The van der Waals surface area contributed by atoms with Crippen LogP contribution >= 0.6 is 31.9 Å². The van der Waals surface area contributed by atoms with Gasteiger partial charge >= 0.3 is 5.97 Å². The molecule has 0 N–H and O–H groups in total. The molecule has 0 fully saturated rings. The second-order valence-corrected chi connectivity index (χ2v) is 6.23. The molecule has 0 bridgehead atoms. The molecule has 0 aliphatic rings. The van der Waals surface area contributed by atoms with Crippen LogP contribution in [0.3, 0.4) is 0 Å². The van der Waals surface area contributed by atoms with Gasteiger partial charge in [0.15, 0.2) is 11.5 Å². The molecule has 4 nitrogen and oxygen atoms in total. The lowest BCUT2D eigenvalue weighted by Crippen LogP contribution is -2.06. The highest BCUT2D eigenvalue weighted by molar-refractivity contribution is 9.10. The number of hydrogen-bond acceptors (Lipinski definition) is 4. The number of esters is 1. The van der Waals surface area contributed by atoms with Crippen molar-refractivity contribution in [3.8, 4) is 11.5 Å². The van der Waals surface area contributed by atoms with Crippen LogP contribution in [0.2, 0.25) is 0 Å². The molecule has 0 spiro atoms. The lowest BCUT2D eigenvalue weighted by Gasteiger charge is -2.10. The van der Waals surface area contributed by atoms with Crippen molar-refractivity contribution in [2.24, 2.45) is 0 Å². The van der Waals surface area contributed by atoms with E-state index in [-0.39, 0.29) is 5.75 Å². The van der Waals surface area contributed by atoms with E-state index >= 15 is 0 Å². The molecule has 0 radical (unpaired) electrons. The van der Waals surface area contributed by atoms with E-state index in [2.05, 4.69) is 31.9 Å². The molecule has 0 saturated heterocycles. The third-order valence-electron chi connectivity index (χ3n) is 2.85. The average molecular weight is 440 g/mol. The second-order valence-electron chi connectivity index (χ2n) is 4.46. The maximum Gasteiger partial charge on any atom is 0.336 e. The summed E-state index contributed by atoms with van der Waals surface area (Å²) in [5.41, 5.74) is 1.27. The number of benzene rings is 2. The van der Waals surface area contributed by atoms with Gasteiger partial charge in [0.05, 0.1) is 11.6 Å². The molecule has 118 valence electrons. The first-order chi connectivity index (χ1) is 11.0. The van der Waals surface area contributed by atoms with Gasteiger partial charge in [0.25, 0.3) is 0 Å². The van der Waals surface area contributed by atoms with Gasteiger partial charge in [-0.05, 0) is 51.8 Å². The lowest BCUT2D eigenvalue weighted by atomic mass is 10.2. The molecule has 0 heterocycles. The van der Waals surface area contributed by atoms with Gasteiger partial charge in [-0.3, -0.25) is 4.79 Å². The summed E-state index contributed by atoms with van der Waals surface area (Å²) in [6.07, 6.45) is 3.65. The number of carbonyl (C=O) groups excluding carboxylic acids is 2. The predicted octanol–water partition coefficient (Wildman–Crippen LogP) is 4.65. The van der Waals surface area contributed by atoms with E-state index in [0.717, 1.165) is 10.0 Å². The third kappa shape index (κ3) is 4.77. The van der Waals surface area contributed by atoms with Crippen molar-refractivity contribution in [3.63, 3.8) is 0 Å². The zero-order chi connectivity index (χ0) is 16.8. The van der Waals surface area contributed by atoms with Gasteiger partial charge in [0.1, 0.15) is 6.29 Å². The Kier molecular flexibility index (Phi) is 6.12. The monoisotopic (exact) mass is 438 g/mol. The van der Waals surface area contributed by atoms with Crippen molar-refractivity contribution in [2.45, 2.75) is 0 Å². The van der Waals surface area contributed by atoms with E-state index in [1.54, 1.807) is 12.1 Å². The highest BCUT2D eigenvalue weighted by atomic mass is 79.9. The first-order valence-electron chi connectivity index (χ1n) is 6.51. The van der Waals surface area contributed by atoms with Crippen LogP contribution in [0.5, 0.6) is 11.5 Å². The van der Waals surface area contributed by atoms with Crippen LogP contribution in [0, 0.1) is 0 Å². The largest absolute Gasteiger partial charge is 0.493 e. The van der Waals surface area contributed by atoms with Crippen molar-refractivity contribution in [2.75, 3.05) is 7.11 Å². The summed E-state index contributed by atoms with van der Waals surface area (Å²) >= 11 is 6.63. The minimum atomic E-state index is -0.553. The van der Waals surface area contributed by atoms with Crippen molar-refractivity contribution in [1.82, 2.24) is 0 Å². The van der Waals surface area contributed by atoms with E-state index < -0.39 is 5.97 Å². The van der Waals surface area contributed by atoms with E-state index in [1.165, 1.54) is 19.3 Å². The standard InChI is InChI=1S/C17H12Br2O4/c1-22-15-9-12(10-20)8-14(19)17(15)23-16(21)6-5-11-3-2-4-13(18)7-11/h2-10H,1H3/b6-5+. The van der Waals surface area contributed by atoms with Gasteiger partial charge in [-0.15, -0.1) is 0 Å². The van der Waals surface area contributed by atoms with Crippen LogP contribution in [0.4, 0.5) is 0 Å². The maximum atomic E-state index is 12.0. The van der Waals surface area contributed by atoms with Gasteiger partial charge in [-0.25, -0.2) is 4.79 Å². The third-order valence-corrected chi connectivity index (χ3v) is 3.93. The summed E-state index contributed by atoms with van der Waals surface area (Å²) < 4.78 is 11.8. The number of ether oxygens (including phenoxy) is 2. The molecule has 0 aromatic heterocycles. The molecule has 23 heavy (non-hydrogen) atoms. The van der Waals surface area contributed by atoms with Crippen LogP contribution in [-0.4, -0.2) is 19.4 Å². The molecule has 2 aromatic carbocycles. The summed E-state index contributed by atoms with van der Waals surface area (Å²) in [5, 5.41) is 0. The highest BCUT2D eigenvalue weighted by Crippen LogP contribution is 2.36. The fraction of sp³-hybridized carbons (Fsp3) is 0.0588. The minimum Gasteiger partial charge on any atom is -0.493 e. The zero-order valence-electron chi connectivity index (χ0n) is 12.1. The van der Waals surface area contributed by atoms with Gasteiger partial charge in [-0.1, -0.05) is 28.1 Å². The Morgan fingerprint density at radius 1 is 1.13 bits per heavy atom. The molecule has 0 aliphatic heterocycles. The summed E-state index contributed by atoms with van der Waals surface area (Å²) in [6, 6.07) is 10.6. The SMILES string of the molecule is COc1cc(C=O)cc(Br)c1OC(=O)/C=C/c1cccc(Br)c1. The number of rotatable bonds is 5. The molecule has 6 heteroatoms. The molecular weight excluding hydrogens is 428 g/mol. The molecule has 0 atom stereocenters. The van der Waals surface area contributed by atoms with Crippen LogP contribution in [0.1, 0.15) is 15.9 Å². The Bertz CT molecular complexity index is 769. The van der Waals surface area contributed by atoms with Crippen LogP contribution in [0.25, 0.3) is 6.08 Å². The van der Waals surface area contributed by atoms with Crippen LogP contribution in [0.15, 0.2) is 51.4 Å². The van der Waals surface area contributed by atoms with Gasteiger partial charge in [0.2, 0.25) is 0 Å². The van der Waals surface area contributed by atoms with Crippen LogP contribution < -0.4 is 9.47 Å². The smallest absolute Gasteiger partial charge is 0.336 e. The quantitative estimate of drug-likeness (QED) is 0.294. The predicted molar refractivity (Wildman–Crippen MR) is 94.9 cm³/mol. The van der Waals surface area contributed by atoms with Crippen LogP contribution in [-0.2, 0) is 4.79 Å². The van der Waals surface area contributed by atoms with Gasteiger partial charge in [0, 0.05) is 16.1 Å². The fourth-order valence-electron chi connectivity index (χ4n) is 1.82. The Morgan fingerprint density at radius 2 is 1.91 bits per heavy atom. The van der Waals surface area contributed by atoms with Crippen molar-refractivity contribution in [3.05, 3.63) is 62.5 Å². The van der Waals surface area contributed by atoms with E-state index in [0.29, 0.717) is 22.1 Å². The number of halogens is 2. The molecule has 0 aliphatic carbocycles. The van der Waals surface area contributed by atoms with E-state index in [4.69, 9.17) is 9.47 Å². The van der Waals surface area contributed by atoms with Crippen molar-refractivity contribution in [1.29, 1.82) is 0 Å². The number of aldehydes is 1. The molecule has 2 rings (SSSR count).